The molecule has 0 saturated carbocycles. The summed E-state index contributed by atoms with van der Waals surface area (Å²) < 4.78 is 0. The van der Waals surface area contributed by atoms with Gasteiger partial charge in [-0.25, -0.2) is 0 Å². The minimum absolute atomic E-state index is 0.277. The lowest BCUT2D eigenvalue weighted by Crippen LogP contribution is -2.06. The molecule has 0 aromatic heterocycles. The highest BCUT2D eigenvalue weighted by Gasteiger charge is 2.58. The molecule has 1 aliphatic heterocycles. The van der Waals surface area contributed by atoms with Gasteiger partial charge in [-0.1, -0.05) is 30.3 Å². The van der Waals surface area contributed by atoms with Crippen LogP contribution in [0.4, 0.5) is 0 Å². The van der Waals surface area contributed by atoms with E-state index in [0.29, 0.717) is 0 Å². The Kier molecular flexibility index (Phi) is 1.64. The molecule has 0 N–H and O–H groups in total. The average Bonchev–Trinajstić information content (AvgIpc) is 2.72. The van der Waals surface area contributed by atoms with Crippen molar-refractivity contribution >= 4 is 0 Å². The highest BCUT2D eigenvalue weighted by atomic mass is 15.4. The van der Waals surface area contributed by atoms with Crippen molar-refractivity contribution in [1.29, 1.82) is 5.26 Å². The van der Waals surface area contributed by atoms with E-state index in [1.54, 1.807) is 0 Å². The van der Waals surface area contributed by atoms with Crippen molar-refractivity contribution in [2.75, 3.05) is 7.05 Å². The number of nitrogens with zero attached hydrogens (tertiary/aromatic N) is 2. The van der Waals surface area contributed by atoms with E-state index in [1.165, 1.54) is 5.56 Å². The van der Waals surface area contributed by atoms with Gasteiger partial charge >= 0.3 is 0 Å². The molecule has 3 atom stereocenters. The Morgan fingerprint density at radius 2 is 2.00 bits per heavy atom. The van der Waals surface area contributed by atoms with E-state index < -0.39 is 0 Å². The summed E-state index contributed by atoms with van der Waals surface area (Å²) in [5, 5.41) is 8.98. The molecule has 1 fully saturated rings. The Labute approximate surface area is 78.4 Å². The van der Waals surface area contributed by atoms with Crippen LogP contribution in [-0.2, 0) is 0 Å². The smallest absolute Gasteiger partial charge is 0.126 e. The molecule has 0 radical (unpaired) electrons. The Morgan fingerprint density at radius 3 is 2.46 bits per heavy atom. The molecule has 2 nitrogen and oxygen atoms in total. The van der Waals surface area contributed by atoms with Gasteiger partial charge in [-0.3, -0.25) is 4.90 Å². The topological polar surface area (TPSA) is 26.8 Å². The van der Waals surface area contributed by atoms with E-state index in [-0.39, 0.29) is 11.6 Å². The third-order valence-corrected chi connectivity index (χ3v) is 2.93. The standard InChI is InChI=1S/C11H12N2/c1-11(8-12)10(13(11)2)9-6-4-3-5-7-9/h3-7,10H,1-2H3/t10-,11+,13?/m0/s1. The molecule has 0 bridgehead atoms. The summed E-state index contributed by atoms with van der Waals surface area (Å²) in [6, 6.07) is 12.8. The maximum Gasteiger partial charge on any atom is 0.126 e. The maximum atomic E-state index is 8.98. The SMILES string of the molecule is CN1[C@@H](c2ccccc2)[C@@]1(C)C#N. The molecule has 2 rings (SSSR count). The Balaban J connectivity index is 2.29. The summed E-state index contributed by atoms with van der Waals surface area (Å²) in [5.74, 6) is 0. The first-order valence-electron chi connectivity index (χ1n) is 4.39. The van der Waals surface area contributed by atoms with Crippen LogP contribution in [0.15, 0.2) is 30.3 Å². The molecule has 1 heterocycles. The fourth-order valence-corrected chi connectivity index (χ4v) is 1.87. The lowest BCUT2D eigenvalue weighted by Gasteiger charge is -1.96. The minimum Gasteiger partial charge on any atom is -0.277 e. The number of hydrogen-bond acceptors (Lipinski definition) is 2. The van der Waals surface area contributed by atoms with Crippen LogP contribution in [-0.4, -0.2) is 17.5 Å². The van der Waals surface area contributed by atoms with Crippen LogP contribution in [0.1, 0.15) is 18.5 Å². The van der Waals surface area contributed by atoms with Crippen molar-refractivity contribution in [2.24, 2.45) is 0 Å². The number of rotatable bonds is 1. The van der Waals surface area contributed by atoms with Gasteiger partial charge in [-0.2, -0.15) is 5.26 Å². The molecule has 66 valence electrons. The highest BCUT2D eigenvalue weighted by molar-refractivity contribution is 5.36. The van der Waals surface area contributed by atoms with Crippen molar-refractivity contribution in [2.45, 2.75) is 18.5 Å². The predicted molar refractivity (Wildman–Crippen MR) is 51.0 cm³/mol. The molecular weight excluding hydrogens is 160 g/mol. The van der Waals surface area contributed by atoms with Crippen molar-refractivity contribution in [3.63, 3.8) is 0 Å². The van der Waals surface area contributed by atoms with Crippen LogP contribution >= 0.6 is 0 Å². The normalized spacial score (nSPS) is 36.7. The second-order valence-electron chi connectivity index (χ2n) is 3.68. The number of nitriles is 1. The zero-order valence-corrected chi connectivity index (χ0v) is 7.86. The lowest BCUT2D eigenvalue weighted by molar-refractivity contribution is 0.560. The molecule has 0 aliphatic carbocycles. The summed E-state index contributed by atoms with van der Waals surface area (Å²) in [5.41, 5.74) is 0.940. The van der Waals surface area contributed by atoms with E-state index in [0.717, 1.165) is 0 Å². The third-order valence-electron chi connectivity index (χ3n) is 2.93. The summed E-state index contributed by atoms with van der Waals surface area (Å²) in [6.45, 7) is 1.98. The molecule has 2 heteroatoms. The van der Waals surface area contributed by atoms with Gasteiger partial charge in [0.2, 0.25) is 0 Å². The molecule has 1 aliphatic rings. The molecule has 1 unspecified atom stereocenters. The summed E-state index contributed by atoms with van der Waals surface area (Å²) >= 11 is 0. The van der Waals surface area contributed by atoms with Gasteiger partial charge in [0.15, 0.2) is 0 Å². The molecule has 13 heavy (non-hydrogen) atoms. The van der Waals surface area contributed by atoms with E-state index in [2.05, 4.69) is 23.1 Å². The van der Waals surface area contributed by atoms with Crippen molar-refractivity contribution < 1.29 is 0 Å². The van der Waals surface area contributed by atoms with E-state index in [1.807, 2.05) is 32.2 Å². The fourth-order valence-electron chi connectivity index (χ4n) is 1.87. The van der Waals surface area contributed by atoms with Gasteiger partial charge in [0.1, 0.15) is 5.54 Å². The van der Waals surface area contributed by atoms with Crippen molar-refractivity contribution in [3.8, 4) is 6.07 Å². The first kappa shape index (κ1) is 8.28. The molecular formula is C11H12N2. The van der Waals surface area contributed by atoms with E-state index in [4.69, 9.17) is 5.26 Å². The van der Waals surface area contributed by atoms with Crippen LogP contribution in [0.25, 0.3) is 0 Å². The minimum atomic E-state index is -0.290. The van der Waals surface area contributed by atoms with E-state index in [9.17, 15) is 0 Å². The average molecular weight is 172 g/mol. The molecule has 1 saturated heterocycles. The van der Waals surface area contributed by atoms with Gasteiger partial charge in [0.25, 0.3) is 0 Å². The van der Waals surface area contributed by atoms with Gasteiger partial charge in [0.05, 0.1) is 12.1 Å². The zero-order chi connectivity index (χ0) is 9.47. The Hall–Kier alpha value is -1.33. The Morgan fingerprint density at radius 1 is 1.38 bits per heavy atom. The summed E-state index contributed by atoms with van der Waals surface area (Å²) in [6.07, 6.45) is 0. The number of likely N-dealkylation sites (N-methyl/N-ethyl adjacent to an activating group) is 1. The van der Waals surface area contributed by atoms with Gasteiger partial charge in [-0.15, -0.1) is 0 Å². The first-order valence-corrected chi connectivity index (χ1v) is 4.39. The lowest BCUT2D eigenvalue weighted by atomic mass is 10.0. The van der Waals surface area contributed by atoms with Crippen LogP contribution < -0.4 is 0 Å². The van der Waals surface area contributed by atoms with Crippen molar-refractivity contribution in [3.05, 3.63) is 35.9 Å². The fraction of sp³-hybridized carbons (Fsp3) is 0.364. The largest absolute Gasteiger partial charge is 0.277 e. The summed E-state index contributed by atoms with van der Waals surface area (Å²) in [4.78, 5) is 2.09. The quantitative estimate of drug-likeness (QED) is 0.605. The molecule has 1 aromatic carbocycles. The monoisotopic (exact) mass is 172 g/mol. The summed E-state index contributed by atoms with van der Waals surface area (Å²) in [7, 11) is 1.99. The zero-order valence-electron chi connectivity index (χ0n) is 7.86. The molecule has 1 aromatic rings. The number of benzene rings is 1. The second-order valence-corrected chi connectivity index (χ2v) is 3.68. The van der Waals surface area contributed by atoms with Crippen molar-refractivity contribution in [1.82, 2.24) is 4.90 Å². The number of hydrogen-bond donors (Lipinski definition) is 0. The molecule has 0 amide bonds. The highest BCUT2D eigenvalue weighted by Crippen LogP contribution is 2.50. The van der Waals surface area contributed by atoms with Gasteiger partial charge < -0.3 is 0 Å². The van der Waals surface area contributed by atoms with Crippen LogP contribution in [0, 0.1) is 11.3 Å². The van der Waals surface area contributed by atoms with Gasteiger partial charge in [0, 0.05) is 0 Å². The second kappa shape index (κ2) is 2.58. The van der Waals surface area contributed by atoms with Crippen LogP contribution in [0.3, 0.4) is 0 Å². The Bertz CT molecular complexity index is 352. The predicted octanol–water partition coefficient (Wildman–Crippen LogP) is 1.96. The van der Waals surface area contributed by atoms with Gasteiger partial charge in [-0.05, 0) is 19.5 Å². The van der Waals surface area contributed by atoms with E-state index >= 15 is 0 Å². The van der Waals surface area contributed by atoms with Crippen LogP contribution in [0.2, 0.25) is 0 Å². The molecule has 0 spiro atoms. The van der Waals surface area contributed by atoms with Crippen LogP contribution in [0.5, 0.6) is 0 Å². The third kappa shape index (κ3) is 1.05. The first-order chi connectivity index (χ1) is 6.20. The maximum absolute atomic E-state index is 8.98.